The number of fused-ring (bicyclic) bond motifs is 1. The molecule has 5 heteroatoms. The maximum absolute atomic E-state index is 12.0. The zero-order valence-corrected chi connectivity index (χ0v) is 12.7. The highest BCUT2D eigenvalue weighted by Crippen LogP contribution is 2.37. The van der Waals surface area contributed by atoms with Gasteiger partial charge in [0.1, 0.15) is 12.2 Å². The lowest BCUT2D eigenvalue weighted by Gasteiger charge is -2.26. The van der Waals surface area contributed by atoms with Crippen molar-refractivity contribution in [2.24, 2.45) is 5.92 Å². The Morgan fingerprint density at radius 1 is 1.23 bits per heavy atom. The first-order chi connectivity index (χ1) is 10.3. The van der Waals surface area contributed by atoms with E-state index in [1.165, 1.54) is 6.92 Å². The molecule has 1 aliphatic heterocycles. The first-order valence-corrected chi connectivity index (χ1v) is 7.25. The molecule has 0 N–H and O–H groups in total. The number of ketones is 1. The van der Waals surface area contributed by atoms with Crippen molar-refractivity contribution in [2.45, 2.75) is 44.8 Å². The van der Waals surface area contributed by atoms with Gasteiger partial charge in [-0.1, -0.05) is 19.7 Å². The minimum atomic E-state index is -0.546. The molecule has 0 spiro atoms. The van der Waals surface area contributed by atoms with E-state index in [0.717, 1.165) is 0 Å². The highest BCUT2D eigenvalue weighted by molar-refractivity contribution is 5.95. The normalized spacial score (nSPS) is 29.9. The van der Waals surface area contributed by atoms with Crippen LogP contribution in [0.5, 0.6) is 0 Å². The van der Waals surface area contributed by atoms with Gasteiger partial charge in [-0.3, -0.25) is 9.59 Å². The minimum Gasteiger partial charge on any atom is -0.458 e. The zero-order valence-electron chi connectivity index (χ0n) is 12.7. The highest BCUT2D eigenvalue weighted by Gasteiger charge is 2.41. The van der Waals surface area contributed by atoms with E-state index in [0.29, 0.717) is 29.6 Å². The van der Waals surface area contributed by atoms with Crippen LogP contribution in [-0.4, -0.2) is 29.9 Å². The summed E-state index contributed by atoms with van der Waals surface area (Å²) in [5.41, 5.74) is 1.44. The first kappa shape index (κ1) is 16.2. The fourth-order valence-corrected chi connectivity index (χ4v) is 2.85. The van der Waals surface area contributed by atoms with E-state index in [4.69, 9.17) is 9.47 Å². The van der Waals surface area contributed by atoms with E-state index in [1.54, 1.807) is 0 Å². The number of hydrogen-bond acceptors (Lipinski definition) is 5. The Balaban J connectivity index is 2.30. The van der Waals surface area contributed by atoms with Crippen molar-refractivity contribution < 1.29 is 23.9 Å². The van der Waals surface area contributed by atoms with E-state index < -0.39 is 24.1 Å². The van der Waals surface area contributed by atoms with Crippen molar-refractivity contribution in [3.05, 3.63) is 36.5 Å². The van der Waals surface area contributed by atoms with Gasteiger partial charge < -0.3 is 9.47 Å². The van der Waals surface area contributed by atoms with Crippen molar-refractivity contribution in [2.75, 3.05) is 0 Å². The average Bonchev–Trinajstić information content (AvgIpc) is 2.69. The third-order valence-corrected chi connectivity index (χ3v) is 4.16. The van der Waals surface area contributed by atoms with Crippen LogP contribution in [0.4, 0.5) is 0 Å². The fraction of sp³-hybridized carbons (Fsp3) is 0.471. The lowest BCUT2D eigenvalue weighted by Crippen LogP contribution is -2.29. The maximum Gasteiger partial charge on any atom is 0.334 e. The molecule has 1 saturated carbocycles. The van der Waals surface area contributed by atoms with Crippen LogP contribution in [0.3, 0.4) is 0 Å². The summed E-state index contributed by atoms with van der Waals surface area (Å²) in [6, 6.07) is 0. The molecule has 22 heavy (non-hydrogen) atoms. The van der Waals surface area contributed by atoms with Crippen molar-refractivity contribution in [1.29, 1.82) is 0 Å². The van der Waals surface area contributed by atoms with E-state index >= 15 is 0 Å². The Hall–Kier alpha value is -2.17. The minimum absolute atomic E-state index is 0.0862. The summed E-state index contributed by atoms with van der Waals surface area (Å²) in [6.45, 7) is 12.8. The predicted molar refractivity (Wildman–Crippen MR) is 79.8 cm³/mol. The monoisotopic (exact) mass is 304 g/mol. The van der Waals surface area contributed by atoms with Crippen molar-refractivity contribution >= 4 is 17.7 Å². The van der Waals surface area contributed by atoms with Gasteiger partial charge in [-0.2, -0.15) is 0 Å². The molecule has 2 fully saturated rings. The van der Waals surface area contributed by atoms with Gasteiger partial charge >= 0.3 is 11.9 Å². The number of carbonyl (C=O) groups excluding carboxylic acids is 3. The first-order valence-electron chi connectivity index (χ1n) is 7.25. The van der Waals surface area contributed by atoms with Crippen LogP contribution in [0, 0.1) is 5.92 Å². The molecule has 1 heterocycles. The molecule has 0 radical (unpaired) electrons. The Bertz CT molecular complexity index is 572. The number of Topliss-reactive ketones (excluding diaryl/α,β-unsaturated/α-hetero) is 1. The number of hydrogen-bond donors (Lipinski definition) is 0. The summed E-state index contributed by atoms with van der Waals surface area (Å²) in [7, 11) is 0. The molecule has 0 bridgehead atoms. The summed E-state index contributed by atoms with van der Waals surface area (Å²) in [5, 5.41) is 0. The van der Waals surface area contributed by atoms with Crippen LogP contribution in [0.2, 0.25) is 0 Å². The topological polar surface area (TPSA) is 69.7 Å². The quantitative estimate of drug-likeness (QED) is 0.422. The lowest BCUT2D eigenvalue weighted by molar-refractivity contribution is -0.146. The van der Waals surface area contributed by atoms with Crippen molar-refractivity contribution in [1.82, 2.24) is 0 Å². The van der Waals surface area contributed by atoms with Gasteiger partial charge in [0, 0.05) is 31.3 Å². The highest BCUT2D eigenvalue weighted by atomic mass is 16.6. The molecule has 0 aromatic rings. The van der Waals surface area contributed by atoms with Crippen LogP contribution in [0.25, 0.3) is 0 Å². The van der Waals surface area contributed by atoms with Crippen LogP contribution in [0.15, 0.2) is 36.5 Å². The molecule has 0 aromatic heterocycles. The third kappa shape index (κ3) is 3.35. The van der Waals surface area contributed by atoms with Gasteiger partial charge in [-0.05, 0) is 24.0 Å². The van der Waals surface area contributed by atoms with E-state index in [-0.39, 0.29) is 24.5 Å². The standard InChI is InChI=1S/C17H20O5/c1-9-5-6-14(19)10(2)7-16-13(11(3)17(20)22-16)8-15(9)21-12(4)18/h13,15-16H,1-3,5-8H2,4H3/t13-,15+,16+/m1/s1. The third-order valence-electron chi connectivity index (χ3n) is 4.16. The van der Waals surface area contributed by atoms with E-state index in [9.17, 15) is 14.4 Å². The molecule has 0 amide bonds. The second kappa shape index (κ2) is 6.30. The molecule has 0 unspecified atom stereocenters. The summed E-state index contributed by atoms with van der Waals surface area (Å²) >= 11 is 0. The number of carbonyl (C=O) groups is 3. The summed E-state index contributed by atoms with van der Waals surface area (Å²) in [4.78, 5) is 35.1. The molecular formula is C17H20O5. The van der Waals surface area contributed by atoms with Gasteiger partial charge in [-0.15, -0.1) is 0 Å². The zero-order chi connectivity index (χ0) is 16.4. The van der Waals surface area contributed by atoms with Gasteiger partial charge in [0.05, 0.1) is 0 Å². The Kier molecular flexibility index (Phi) is 4.64. The van der Waals surface area contributed by atoms with Gasteiger partial charge in [0.15, 0.2) is 5.78 Å². The maximum atomic E-state index is 12.0. The largest absolute Gasteiger partial charge is 0.458 e. The van der Waals surface area contributed by atoms with Crippen LogP contribution in [0.1, 0.15) is 32.6 Å². The van der Waals surface area contributed by atoms with Gasteiger partial charge in [0.2, 0.25) is 0 Å². The van der Waals surface area contributed by atoms with Gasteiger partial charge in [-0.25, -0.2) is 4.79 Å². The summed E-state index contributed by atoms with van der Waals surface area (Å²) in [5.74, 6) is -1.29. The smallest absolute Gasteiger partial charge is 0.334 e. The molecule has 118 valence electrons. The van der Waals surface area contributed by atoms with E-state index in [1.807, 2.05) is 0 Å². The van der Waals surface area contributed by atoms with Gasteiger partial charge in [0.25, 0.3) is 0 Å². The molecule has 5 nitrogen and oxygen atoms in total. The molecule has 1 aliphatic carbocycles. The second-order valence-corrected chi connectivity index (χ2v) is 5.80. The summed E-state index contributed by atoms with van der Waals surface area (Å²) in [6.07, 6.45) is 0.328. The lowest BCUT2D eigenvalue weighted by atomic mass is 9.83. The average molecular weight is 304 g/mol. The molecule has 1 saturated heterocycles. The molecule has 2 aliphatic rings. The number of rotatable bonds is 1. The van der Waals surface area contributed by atoms with Crippen molar-refractivity contribution in [3.8, 4) is 0 Å². The molecule has 3 atom stereocenters. The van der Waals surface area contributed by atoms with E-state index in [2.05, 4.69) is 19.7 Å². The molecular weight excluding hydrogens is 284 g/mol. The molecule has 2 rings (SSSR count). The Morgan fingerprint density at radius 2 is 1.91 bits per heavy atom. The number of ether oxygens (including phenoxy) is 2. The Labute approximate surface area is 129 Å². The number of esters is 2. The summed E-state index contributed by atoms with van der Waals surface area (Å²) < 4.78 is 10.6. The second-order valence-electron chi connectivity index (χ2n) is 5.80. The van der Waals surface area contributed by atoms with Crippen LogP contribution in [-0.2, 0) is 23.9 Å². The fourth-order valence-electron chi connectivity index (χ4n) is 2.85. The van der Waals surface area contributed by atoms with Crippen LogP contribution >= 0.6 is 0 Å². The van der Waals surface area contributed by atoms with Crippen molar-refractivity contribution in [3.63, 3.8) is 0 Å². The Morgan fingerprint density at radius 3 is 2.55 bits per heavy atom. The predicted octanol–water partition coefficient (Wildman–Crippen LogP) is 2.27. The van der Waals surface area contributed by atoms with Crippen LogP contribution < -0.4 is 0 Å². The molecule has 0 aromatic carbocycles. The SMILES string of the molecule is C=C1C[C@@H]2OC(=O)C(=C)[C@H]2C[C@H](OC(C)=O)C(=C)CCC1=O.